The zero-order valence-corrected chi connectivity index (χ0v) is 7.88. The molecule has 1 rings (SSSR count). The summed E-state index contributed by atoms with van der Waals surface area (Å²) in [4.78, 5) is 0. The first-order chi connectivity index (χ1) is 5.74. The predicted molar refractivity (Wildman–Crippen MR) is 45.4 cm³/mol. The third-order valence-electron chi connectivity index (χ3n) is 2.10. The lowest BCUT2D eigenvalue weighted by atomic mass is 10.0. The van der Waals surface area contributed by atoms with E-state index in [0.717, 1.165) is 13.0 Å². The van der Waals surface area contributed by atoms with Gasteiger partial charge in [0.05, 0.1) is 18.5 Å². The Kier molecular flexibility index (Phi) is 4.14. The minimum Gasteiger partial charge on any atom is -0.381 e. The van der Waals surface area contributed by atoms with E-state index in [2.05, 4.69) is 0 Å². The van der Waals surface area contributed by atoms with Crippen molar-refractivity contribution in [2.24, 2.45) is 5.92 Å². The van der Waals surface area contributed by atoms with Crippen molar-refractivity contribution in [1.82, 2.24) is 0 Å². The van der Waals surface area contributed by atoms with Crippen LogP contribution in [0.4, 0.5) is 0 Å². The Morgan fingerprint density at radius 1 is 1.83 bits per heavy atom. The molecule has 1 aliphatic heterocycles. The van der Waals surface area contributed by atoms with E-state index in [4.69, 9.17) is 14.0 Å². The lowest BCUT2D eigenvalue weighted by Crippen LogP contribution is -2.28. The molecule has 0 radical (unpaired) electrons. The fourth-order valence-corrected chi connectivity index (χ4v) is 2.07. The average Bonchev–Trinajstić information content (AvgIpc) is 2.51. The molecule has 3 atom stereocenters. The molecule has 0 aliphatic carbocycles. The molecule has 0 aromatic heterocycles. The third kappa shape index (κ3) is 2.82. The van der Waals surface area contributed by atoms with Crippen LogP contribution in [0.15, 0.2) is 0 Å². The quantitative estimate of drug-likeness (QED) is 0.652. The van der Waals surface area contributed by atoms with Crippen molar-refractivity contribution in [3.8, 4) is 0 Å². The van der Waals surface area contributed by atoms with Crippen molar-refractivity contribution in [2.75, 3.05) is 26.1 Å². The Morgan fingerprint density at radius 2 is 2.58 bits per heavy atom. The molecular formula is C7H14O4S. The normalized spacial score (nSPS) is 28.7. The van der Waals surface area contributed by atoms with Gasteiger partial charge in [-0.05, 0) is 6.42 Å². The molecule has 0 spiro atoms. The van der Waals surface area contributed by atoms with Crippen LogP contribution in [0.1, 0.15) is 6.42 Å². The van der Waals surface area contributed by atoms with E-state index < -0.39 is 11.1 Å². The number of ether oxygens (including phenoxy) is 2. The first-order valence-corrected chi connectivity index (χ1v) is 5.19. The van der Waals surface area contributed by atoms with Crippen LogP contribution in [-0.4, -0.2) is 40.9 Å². The Hall–Kier alpha value is 0.0300. The van der Waals surface area contributed by atoms with Crippen LogP contribution in [0.3, 0.4) is 0 Å². The van der Waals surface area contributed by atoms with Gasteiger partial charge in [0.15, 0.2) is 11.1 Å². The largest absolute Gasteiger partial charge is 0.381 e. The van der Waals surface area contributed by atoms with E-state index in [9.17, 15) is 4.21 Å². The lowest BCUT2D eigenvalue weighted by Gasteiger charge is -2.18. The van der Waals surface area contributed by atoms with E-state index >= 15 is 0 Å². The van der Waals surface area contributed by atoms with Gasteiger partial charge >= 0.3 is 0 Å². The monoisotopic (exact) mass is 194 g/mol. The highest BCUT2D eigenvalue weighted by Crippen LogP contribution is 2.19. The Morgan fingerprint density at radius 3 is 3.00 bits per heavy atom. The number of rotatable bonds is 4. The third-order valence-corrected chi connectivity index (χ3v) is 2.71. The molecule has 12 heavy (non-hydrogen) atoms. The molecule has 4 nitrogen and oxygen atoms in total. The summed E-state index contributed by atoms with van der Waals surface area (Å²) < 4.78 is 29.5. The topological polar surface area (TPSA) is 55.8 Å². The van der Waals surface area contributed by atoms with Gasteiger partial charge in [-0.3, -0.25) is 0 Å². The van der Waals surface area contributed by atoms with Crippen LogP contribution in [0.25, 0.3) is 0 Å². The van der Waals surface area contributed by atoms with Gasteiger partial charge in [0.25, 0.3) is 0 Å². The van der Waals surface area contributed by atoms with E-state index in [1.54, 1.807) is 7.11 Å². The first kappa shape index (κ1) is 10.1. The van der Waals surface area contributed by atoms with Crippen LogP contribution < -0.4 is 0 Å². The van der Waals surface area contributed by atoms with Gasteiger partial charge in [-0.2, -0.15) is 0 Å². The highest BCUT2D eigenvalue weighted by molar-refractivity contribution is 7.79. The van der Waals surface area contributed by atoms with Gasteiger partial charge in [0, 0.05) is 19.6 Å². The second kappa shape index (κ2) is 4.91. The maximum Gasteiger partial charge on any atom is 0.155 e. The molecule has 0 aromatic carbocycles. The van der Waals surface area contributed by atoms with Crippen LogP contribution in [0, 0.1) is 5.92 Å². The average molecular weight is 194 g/mol. The molecule has 1 saturated heterocycles. The summed E-state index contributed by atoms with van der Waals surface area (Å²) in [6.45, 7) is 1.39. The predicted octanol–water partition coefficient (Wildman–Crippen LogP) is 0.260. The maximum atomic E-state index is 10.5. The maximum absolute atomic E-state index is 10.5. The fourth-order valence-electron chi connectivity index (χ4n) is 1.38. The minimum absolute atomic E-state index is 0.140. The van der Waals surface area contributed by atoms with E-state index in [-0.39, 0.29) is 17.8 Å². The second-order valence-corrected chi connectivity index (χ2v) is 3.86. The number of methoxy groups -OCH3 is 1. The van der Waals surface area contributed by atoms with Crippen molar-refractivity contribution >= 4 is 11.1 Å². The van der Waals surface area contributed by atoms with Gasteiger partial charge in [0.2, 0.25) is 0 Å². The van der Waals surface area contributed by atoms with Crippen LogP contribution >= 0.6 is 0 Å². The van der Waals surface area contributed by atoms with Crippen LogP contribution in [0.5, 0.6) is 0 Å². The lowest BCUT2D eigenvalue weighted by molar-refractivity contribution is 0.0609. The Balaban J connectivity index is 2.37. The summed E-state index contributed by atoms with van der Waals surface area (Å²) in [7, 11) is 1.57. The SMILES string of the molecule is COC(CS(=O)O)C1CCOC1. The highest BCUT2D eigenvalue weighted by Gasteiger charge is 2.26. The highest BCUT2D eigenvalue weighted by atomic mass is 32.2. The molecule has 5 heteroatoms. The van der Waals surface area contributed by atoms with Crippen LogP contribution in [0.2, 0.25) is 0 Å². The van der Waals surface area contributed by atoms with Gasteiger partial charge in [-0.15, -0.1) is 0 Å². The molecule has 72 valence electrons. The minimum atomic E-state index is -1.77. The molecule has 3 unspecified atom stereocenters. The van der Waals surface area contributed by atoms with Crippen molar-refractivity contribution in [1.29, 1.82) is 0 Å². The van der Waals surface area contributed by atoms with E-state index in [0.29, 0.717) is 6.61 Å². The number of hydrogen-bond donors (Lipinski definition) is 1. The summed E-state index contributed by atoms with van der Waals surface area (Å²) in [5.41, 5.74) is 0. The summed E-state index contributed by atoms with van der Waals surface area (Å²) in [6.07, 6.45) is 0.786. The molecule has 0 aromatic rings. The van der Waals surface area contributed by atoms with Crippen LogP contribution in [-0.2, 0) is 20.6 Å². The molecule has 0 saturated carbocycles. The Labute approximate surface area is 74.5 Å². The zero-order chi connectivity index (χ0) is 8.97. The smallest absolute Gasteiger partial charge is 0.155 e. The van der Waals surface area contributed by atoms with Gasteiger partial charge in [-0.1, -0.05) is 0 Å². The molecule has 0 bridgehead atoms. The van der Waals surface area contributed by atoms with Crippen molar-refractivity contribution in [3.63, 3.8) is 0 Å². The molecular weight excluding hydrogens is 180 g/mol. The second-order valence-electron chi connectivity index (χ2n) is 2.89. The zero-order valence-electron chi connectivity index (χ0n) is 7.06. The first-order valence-electron chi connectivity index (χ1n) is 3.92. The van der Waals surface area contributed by atoms with Gasteiger partial charge in [-0.25, -0.2) is 4.21 Å². The van der Waals surface area contributed by atoms with Gasteiger partial charge in [0.1, 0.15) is 0 Å². The number of hydrogen-bond acceptors (Lipinski definition) is 3. The standard InChI is InChI=1S/C7H14O4S/c1-10-7(5-12(8)9)6-2-3-11-4-6/h6-7H,2-5H2,1H3,(H,8,9). The fraction of sp³-hybridized carbons (Fsp3) is 1.00. The Bertz CT molecular complexity index is 155. The molecule has 0 amide bonds. The van der Waals surface area contributed by atoms with Crippen molar-refractivity contribution < 1.29 is 18.2 Å². The van der Waals surface area contributed by atoms with E-state index in [1.807, 2.05) is 0 Å². The molecule has 1 fully saturated rings. The summed E-state index contributed by atoms with van der Waals surface area (Å²) >= 11 is -1.77. The molecule has 1 N–H and O–H groups in total. The summed E-state index contributed by atoms with van der Waals surface area (Å²) in [5, 5.41) is 0. The van der Waals surface area contributed by atoms with Crippen molar-refractivity contribution in [3.05, 3.63) is 0 Å². The molecule has 1 aliphatic rings. The summed E-state index contributed by atoms with van der Waals surface area (Å²) in [5.74, 6) is 0.468. The molecule has 1 heterocycles. The van der Waals surface area contributed by atoms with E-state index in [1.165, 1.54) is 0 Å². The summed E-state index contributed by atoms with van der Waals surface area (Å²) in [6, 6.07) is 0. The van der Waals surface area contributed by atoms with Crippen molar-refractivity contribution in [2.45, 2.75) is 12.5 Å². The van der Waals surface area contributed by atoms with Gasteiger partial charge < -0.3 is 14.0 Å².